The highest BCUT2D eigenvalue weighted by atomic mass is 32.2. The van der Waals surface area contributed by atoms with Gasteiger partial charge >= 0.3 is 6.09 Å². The minimum Gasteiger partial charge on any atom is -0.452 e. The Kier molecular flexibility index (Phi) is 3.10. The molecule has 1 aromatic heterocycles. The zero-order chi connectivity index (χ0) is 13.3. The summed E-state index contributed by atoms with van der Waals surface area (Å²) in [6, 6.07) is 6.11. The summed E-state index contributed by atoms with van der Waals surface area (Å²) in [6.07, 6.45) is 0.863. The summed E-state index contributed by atoms with van der Waals surface area (Å²) in [5, 5.41) is 0.407. The van der Waals surface area contributed by atoms with Crippen molar-refractivity contribution < 1.29 is 22.1 Å². The summed E-state index contributed by atoms with van der Waals surface area (Å²) in [5.74, 6) is 0. The molecule has 1 aromatic carbocycles. The van der Waals surface area contributed by atoms with Gasteiger partial charge < -0.3 is 4.74 Å². The number of ether oxygens (including phenoxy) is 1. The van der Waals surface area contributed by atoms with Crippen molar-refractivity contribution in [1.82, 2.24) is 4.57 Å². The van der Waals surface area contributed by atoms with E-state index in [1.165, 1.54) is 36.1 Å². The van der Waals surface area contributed by atoms with Gasteiger partial charge in [-0.05, 0) is 18.2 Å². The molecule has 0 saturated heterocycles. The van der Waals surface area contributed by atoms with Gasteiger partial charge in [0.05, 0.1) is 19.7 Å². The van der Waals surface area contributed by atoms with E-state index in [0.717, 1.165) is 7.11 Å². The van der Waals surface area contributed by atoms with Gasteiger partial charge in [0.1, 0.15) is 4.90 Å². The fraction of sp³-hybridized carbons (Fsp3) is 0.182. The predicted molar refractivity (Wildman–Crippen MR) is 63.9 cm³/mol. The number of carbonyl (C=O) groups excluding carboxylic acids is 1. The third kappa shape index (κ3) is 1.87. The summed E-state index contributed by atoms with van der Waals surface area (Å²) in [7, 11) is -1.47. The molecule has 18 heavy (non-hydrogen) atoms. The van der Waals surface area contributed by atoms with Crippen LogP contribution in [0.3, 0.4) is 0 Å². The number of methoxy groups -OCH3 is 1. The van der Waals surface area contributed by atoms with E-state index in [-0.39, 0.29) is 4.90 Å². The van der Waals surface area contributed by atoms with Crippen molar-refractivity contribution in [3.8, 4) is 0 Å². The van der Waals surface area contributed by atoms with Crippen molar-refractivity contribution >= 4 is 27.1 Å². The molecule has 2 rings (SSSR count). The van der Waals surface area contributed by atoms with Crippen LogP contribution in [0.1, 0.15) is 0 Å². The van der Waals surface area contributed by atoms with Crippen LogP contribution < -0.4 is 0 Å². The Bertz CT molecular complexity index is 701. The van der Waals surface area contributed by atoms with Gasteiger partial charge in [-0.2, -0.15) is 8.42 Å². The summed E-state index contributed by atoms with van der Waals surface area (Å²) >= 11 is 0. The highest BCUT2D eigenvalue weighted by Crippen LogP contribution is 2.25. The zero-order valence-electron chi connectivity index (χ0n) is 9.78. The first-order valence-corrected chi connectivity index (χ1v) is 6.41. The lowest BCUT2D eigenvalue weighted by molar-refractivity contribution is 0.174. The summed E-state index contributed by atoms with van der Waals surface area (Å²) < 4.78 is 33.7. The van der Waals surface area contributed by atoms with Gasteiger partial charge in [0, 0.05) is 11.6 Å². The van der Waals surface area contributed by atoms with Crippen molar-refractivity contribution in [1.29, 1.82) is 0 Å². The maximum Gasteiger partial charge on any atom is 0.418 e. The smallest absolute Gasteiger partial charge is 0.418 e. The van der Waals surface area contributed by atoms with Crippen LogP contribution in [-0.2, 0) is 19.0 Å². The topological polar surface area (TPSA) is 74.6 Å². The van der Waals surface area contributed by atoms with Gasteiger partial charge in [0.25, 0.3) is 10.1 Å². The first-order valence-electron chi connectivity index (χ1n) is 5.00. The summed E-state index contributed by atoms with van der Waals surface area (Å²) in [6.45, 7) is 0. The number of carbonyl (C=O) groups is 1. The van der Waals surface area contributed by atoms with Gasteiger partial charge in [0.2, 0.25) is 0 Å². The lowest BCUT2D eigenvalue weighted by Gasteiger charge is -2.05. The number of aromatic nitrogens is 1. The number of fused-ring (bicyclic) bond motifs is 1. The van der Waals surface area contributed by atoms with E-state index >= 15 is 0 Å². The number of nitrogens with zero attached hydrogens (tertiary/aromatic N) is 1. The van der Waals surface area contributed by atoms with E-state index in [0.29, 0.717) is 10.9 Å². The number of hydrogen-bond donors (Lipinski definition) is 0. The molecule has 1 heterocycles. The monoisotopic (exact) mass is 269 g/mol. The highest BCUT2D eigenvalue weighted by molar-refractivity contribution is 7.87. The molecule has 0 spiro atoms. The SMILES string of the molecule is COC(=O)n1ccc2c(S(=O)(=O)OC)cccc21. The van der Waals surface area contributed by atoms with Crippen LogP contribution in [-0.4, -0.2) is 33.3 Å². The average Bonchev–Trinajstić information content (AvgIpc) is 2.81. The summed E-state index contributed by atoms with van der Waals surface area (Å²) in [5.41, 5.74) is 0.444. The van der Waals surface area contributed by atoms with Gasteiger partial charge in [0.15, 0.2) is 0 Å². The van der Waals surface area contributed by atoms with Crippen LogP contribution in [0.4, 0.5) is 4.79 Å². The molecule has 0 aliphatic heterocycles. The molecule has 0 N–H and O–H groups in total. The Morgan fingerprint density at radius 2 is 1.94 bits per heavy atom. The number of hydrogen-bond acceptors (Lipinski definition) is 5. The maximum atomic E-state index is 11.7. The van der Waals surface area contributed by atoms with Crippen LogP contribution in [0.15, 0.2) is 35.4 Å². The van der Waals surface area contributed by atoms with Gasteiger partial charge in [-0.1, -0.05) is 6.07 Å². The molecule has 0 bridgehead atoms. The second kappa shape index (κ2) is 4.43. The van der Waals surface area contributed by atoms with Crippen LogP contribution >= 0.6 is 0 Å². The molecule has 0 amide bonds. The molecule has 0 aliphatic rings. The molecular formula is C11H11NO5S. The number of benzene rings is 1. The third-order valence-corrected chi connectivity index (χ3v) is 3.89. The predicted octanol–water partition coefficient (Wildman–Crippen LogP) is 1.59. The second-order valence-electron chi connectivity index (χ2n) is 3.47. The lowest BCUT2D eigenvalue weighted by atomic mass is 10.2. The summed E-state index contributed by atoms with van der Waals surface area (Å²) in [4.78, 5) is 11.5. The van der Waals surface area contributed by atoms with E-state index in [1.54, 1.807) is 6.07 Å². The van der Waals surface area contributed by atoms with Gasteiger partial charge in [-0.15, -0.1) is 0 Å². The van der Waals surface area contributed by atoms with E-state index in [4.69, 9.17) is 0 Å². The van der Waals surface area contributed by atoms with Crippen molar-refractivity contribution in [2.24, 2.45) is 0 Å². The van der Waals surface area contributed by atoms with Crippen LogP contribution in [0.25, 0.3) is 10.9 Å². The van der Waals surface area contributed by atoms with E-state index in [2.05, 4.69) is 8.92 Å². The molecule has 2 aromatic rings. The Labute approximate surface area is 104 Å². The van der Waals surface area contributed by atoms with Crippen LogP contribution in [0.2, 0.25) is 0 Å². The molecule has 0 aliphatic carbocycles. The van der Waals surface area contributed by atoms with Crippen LogP contribution in [0.5, 0.6) is 0 Å². The van der Waals surface area contributed by atoms with Gasteiger partial charge in [-0.25, -0.2) is 4.79 Å². The molecule has 7 heteroatoms. The fourth-order valence-corrected chi connectivity index (χ4v) is 2.57. The Morgan fingerprint density at radius 1 is 1.22 bits per heavy atom. The first-order chi connectivity index (χ1) is 8.51. The number of rotatable bonds is 2. The average molecular weight is 269 g/mol. The van der Waals surface area contributed by atoms with Crippen LogP contribution in [0, 0.1) is 0 Å². The lowest BCUT2D eigenvalue weighted by Crippen LogP contribution is -2.10. The molecule has 0 fully saturated rings. The Morgan fingerprint density at radius 3 is 2.56 bits per heavy atom. The van der Waals surface area contributed by atoms with E-state index < -0.39 is 16.2 Å². The van der Waals surface area contributed by atoms with E-state index in [9.17, 15) is 13.2 Å². The quantitative estimate of drug-likeness (QED) is 0.774. The standard InChI is InChI=1S/C11H11NO5S/c1-16-11(13)12-7-6-8-9(12)4-3-5-10(8)18(14,15)17-2/h3-7H,1-2H3. The van der Waals surface area contributed by atoms with Crippen molar-refractivity contribution in [3.63, 3.8) is 0 Å². The van der Waals surface area contributed by atoms with Crippen molar-refractivity contribution in [2.75, 3.05) is 14.2 Å². The molecule has 0 atom stereocenters. The molecule has 96 valence electrons. The normalized spacial score (nSPS) is 11.7. The molecule has 0 saturated carbocycles. The third-order valence-electron chi connectivity index (χ3n) is 2.55. The van der Waals surface area contributed by atoms with E-state index in [1.807, 2.05) is 0 Å². The molecule has 6 nitrogen and oxygen atoms in total. The maximum absolute atomic E-state index is 11.7. The largest absolute Gasteiger partial charge is 0.452 e. The highest BCUT2D eigenvalue weighted by Gasteiger charge is 2.19. The molecule has 0 radical (unpaired) electrons. The first kappa shape index (κ1) is 12.6. The Balaban J connectivity index is 2.74. The van der Waals surface area contributed by atoms with Crippen molar-refractivity contribution in [3.05, 3.63) is 30.5 Å². The van der Waals surface area contributed by atoms with Gasteiger partial charge in [-0.3, -0.25) is 8.75 Å². The fourth-order valence-electron chi connectivity index (χ4n) is 1.70. The second-order valence-corrected chi connectivity index (χ2v) is 5.15. The minimum absolute atomic E-state index is 0.0187. The molecule has 0 unspecified atom stereocenters. The molecular weight excluding hydrogens is 258 g/mol. The van der Waals surface area contributed by atoms with Crippen molar-refractivity contribution in [2.45, 2.75) is 4.90 Å². The zero-order valence-corrected chi connectivity index (χ0v) is 10.6. The minimum atomic E-state index is -3.81. The Hall–Kier alpha value is -1.86.